The summed E-state index contributed by atoms with van der Waals surface area (Å²) in [6.45, 7) is 7.49. The fourth-order valence-electron chi connectivity index (χ4n) is 3.70. The average Bonchev–Trinajstić information content (AvgIpc) is 3.09. The minimum Gasteiger partial charge on any atom is -0.381 e. The molecule has 0 aliphatic carbocycles. The predicted molar refractivity (Wildman–Crippen MR) is 97.3 cm³/mol. The molecule has 2 amide bonds. The smallest absolute Gasteiger partial charge is 0.223 e. The first kappa shape index (κ1) is 18.9. The molecule has 2 aliphatic rings. The molecule has 0 radical (unpaired) electrons. The molecule has 26 heavy (non-hydrogen) atoms. The number of ether oxygens (including phenoxy) is 1. The Hall–Kier alpha value is -1.89. The molecule has 144 valence electrons. The van der Waals surface area contributed by atoms with Gasteiger partial charge in [0.1, 0.15) is 0 Å². The van der Waals surface area contributed by atoms with E-state index in [9.17, 15) is 9.59 Å². The maximum atomic E-state index is 12.5. The Kier molecular flexibility index (Phi) is 6.29. The standard InChI is InChI=1S/C19H30N4O3/c1-14(2)9-19(25)22-12-16-3-6-21-23(16)17(13-22)10-18(24)20-11-15-4-7-26-8-5-15/h3,6,14-15,17H,4-5,7-13H2,1-2H3,(H,20,24). The molecule has 1 atom stereocenters. The van der Waals surface area contributed by atoms with Gasteiger partial charge < -0.3 is 15.0 Å². The SMILES string of the molecule is CC(C)CC(=O)N1Cc2ccnn2C(CC(=O)NCC2CCOCC2)C1. The van der Waals surface area contributed by atoms with Crippen LogP contribution in [0.25, 0.3) is 0 Å². The third kappa shape index (κ3) is 4.84. The van der Waals surface area contributed by atoms with E-state index in [1.165, 1.54) is 0 Å². The monoisotopic (exact) mass is 362 g/mol. The second-order valence-electron chi connectivity index (χ2n) is 7.86. The van der Waals surface area contributed by atoms with Crippen LogP contribution < -0.4 is 5.32 Å². The zero-order chi connectivity index (χ0) is 18.5. The number of amides is 2. The van der Waals surface area contributed by atoms with Crippen molar-refractivity contribution in [1.82, 2.24) is 20.0 Å². The van der Waals surface area contributed by atoms with Crippen LogP contribution in [0.5, 0.6) is 0 Å². The van der Waals surface area contributed by atoms with Crippen LogP contribution >= 0.6 is 0 Å². The highest BCUT2D eigenvalue weighted by molar-refractivity contribution is 5.78. The molecule has 0 bridgehead atoms. The van der Waals surface area contributed by atoms with Crippen LogP contribution in [0.3, 0.4) is 0 Å². The van der Waals surface area contributed by atoms with Gasteiger partial charge in [-0.05, 0) is 30.7 Å². The van der Waals surface area contributed by atoms with Gasteiger partial charge in [-0.15, -0.1) is 0 Å². The van der Waals surface area contributed by atoms with Crippen molar-refractivity contribution < 1.29 is 14.3 Å². The van der Waals surface area contributed by atoms with Gasteiger partial charge in [-0.3, -0.25) is 14.3 Å². The van der Waals surface area contributed by atoms with Crippen molar-refractivity contribution in [3.8, 4) is 0 Å². The van der Waals surface area contributed by atoms with Gasteiger partial charge in [0.15, 0.2) is 0 Å². The van der Waals surface area contributed by atoms with Crippen molar-refractivity contribution in [2.24, 2.45) is 11.8 Å². The molecule has 3 rings (SSSR count). The topological polar surface area (TPSA) is 76.5 Å². The van der Waals surface area contributed by atoms with E-state index in [1.807, 2.05) is 29.5 Å². The molecule has 1 saturated heterocycles. The number of fused-ring (bicyclic) bond motifs is 1. The zero-order valence-electron chi connectivity index (χ0n) is 15.8. The summed E-state index contributed by atoms with van der Waals surface area (Å²) in [5.41, 5.74) is 0.996. The van der Waals surface area contributed by atoms with Gasteiger partial charge in [0.25, 0.3) is 0 Å². The van der Waals surface area contributed by atoms with Crippen LogP contribution in [0.2, 0.25) is 0 Å². The number of carbonyl (C=O) groups is 2. The Labute approximate surface area is 155 Å². The summed E-state index contributed by atoms with van der Waals surface area (Å²) in [4.78, 5) is 26.8. The lowest BCUT2D eigenvalue weighted by molar-refractivity contribution is -0.135. The summed E-state index contributed by atoms with van der Waals surface area (Å²) in [5, 5.41) is 7.44. The maximum Gasteiger partial charge on any atom is 0.223 e. The first-order chi connectivity index (χ1) is 12.5. The van der Waals surface area contributed by atoms with Gasteiger partial charge in [-0.25, -0.2) is 0 Å². The minimum absolute atomic E-state index is 0.0288. The molecule has 2 aliphatic heterocycles. The highest BCUT2D eigenvalue weighted by Crippen LogP contribution is 2.24. The van der Waals surface area contributed by atoms with E-state index in [-0.39, 0.29) is 17.9 Å². The van der Waals surface area contributed by atoms with Crippen molar-refractivity contribution in [3.05, 3.63) is 18.0 Å². The van der Waals surface area contributed by atoms with Crippen molar-refractivity contribution in [1.29, 1.82) is 0 Å². The number of hydrogen-bond acceptors (Lipinski definition) is 4. The average molecular weight is 362 g/mol. The second-order valence-corrected chi connectivity index (χ2v) is 7.86. The van der Waals surface area contributed by atoms with Gasteiger partial charge >= 0.3 is 0 Å². The number of rotatable bonds is 6. The predicted octanol–water partition coefficient (Wildman–Crippen LogP) is 1.75. The Bertz CT molecular complexity index is 622. The fraction of sp³-hybridized carbons (Fsp3) is 0.737. The van der Waals surface area contributed by atoms with Crippen LogP contribution in [0.15, 0.2) is 12.3 Å². The molecular weight excluding hydrogens is 332 g/mol. The second kappa shape index (κ2) is 8.66. The molecule has 1 unspecified atom stereocenters. The summed E-state index contributed by atoms with van der Waals surface area (Å²) >= 11 is 0. The number of aromatic nitrogens is 2. The van der Waals surface area contributed by atoms with Gasteiger partial charge in [0.05, 0.1) is 24.7 Å². The van der Waals surface area contributed by atoms with E-state index in [2.05, 4.69) is 10.4 Å². The normalized spacial score (nSPS) is 20.9. The number of carbonyl (C=O) groups excluding carboxylic acids is 2. The minimum atomic E-state index is -0.0976. The number of nitrogens with zero attached hydrogens (tertiary/aromatic N) is 3. The van der Waals surface area contributed by atoms with E-state index in [0.29, 0.717) is 44.3 Å². The molecule has 1 aromatic rings. The van der Waals surface area contributed by atoms with Crippen LogP contribution in [0, 0.1) is 11.8 Å². The van der Waals surface area contributed by atoms with E-state index < -0.39 is 0 Å². The maximum absolute atomic E-state index is 12.5. The molecule has 1 fully saturated rings. The van der Waals surface area contributed by atoms with Crippen molar-refractivity contribution >= 4 is 11.8 Å². The van der Waals surface area contributed by atoms with Crippen LogP contribution in [0.4, 0.5) is 0 Å². The Balaban J connectivity index is 1.57. The van der Waals surface area contributed by atoms with Crippen LogP contribution in [-0.2, 0) is 20.9 Å². The summed E-state index contributed by atoms with van der Waals surface area (Å²) in [6.07, 6.45) is 4.65. The molecule has 1 N–H and O–H groups in total. The molecule has 0 spiro atoms. The lowest BCUT2D eigenvalue weighted by Crippen LogP contribution is -2.43. The lowest BCUT2D eigenvalue weighted by atomic mass is 10.0. The molecule has 0 aromatic carbocycles. The highest BCUT2D eigenvalue weighted by atomic mass is 16.5. The fourth-order valence-corrected chi connectivity index (χ4v) is 3.70. The summed E-state index contributed by atoms with van der Waals surface area (Å²) in [5.74, 6) is 1.01. The largest absolute Gasteiger partial charge is 0.381 e. The first-order valence-electron chi connectivity index (χ1n) is 9.67. The zero-order valence-corrected chi connectivity index (χ0v) is 15.8. The van der Waals surface area contributed by atoms with Crippen molar-refractivity contribution in [2.45, 2.75) is 52.1 Å². The molecule has 7 nitrogen and oxygen atoms in total. The molecular formula is C19H30N4O3. The van der Waals surface area contributed by atoms with Crippen molar-refractivity contribution in [2.75, 3.05) is 26.3 Å². The van der Waals surface area contributed by atoms with Gasteiger partial charge in [-0.2, -0.15) is 5.10 Å². The Morgan fingerprint density at radius 1 is 1.35 bits per heavy atom. The van der Waals surface area contributed by atoms with E-state index >= 15 is 0 Å². The van der Waals surface area contributed by atoms with E-state index in [1.54, 1.807) is 6.20 Å². The highest BCUT2D eigenvalue weighted by Gasteiger charge is 2.30. The third-order valence-corrected chi connectivity index (χ3v) is 5.17. The lowest BCUT2D eigenvalue weighted by Gasteiger charge is -2.34. The van der Waals surface area contributed by atoms with Crippen molar-refractivity contribution in [3.63, 3.8) is 0 Å². The van der Waals surface area contributed by atoms with E-state index in [4.69, 9.17) is 4.74 Å². The summed E-state index contributed by atoms with van der Waals surface area (Å²) in [6, 6.07) is 1.83. The van der Waals surface area contributed by atoms with Crippen LogP contribution in [0.1, 0.15) is 51.3 Å². The molecule has 1 aromatic heterocycles. The van der Waals surface area contributed by atoms with Crippen LogP contribution in [-0.4, -0.2) is 52.8 Å². The molecule has 7 heteroatoms. The van der Waals surface area contributed by atoms with E-state index in [0.717, 1.165) is 31.7 Å². The number of nitrogens with one attached hydrogen (secondary N) is 1. The summed E-state index contributed by atoms with van der Waals surface area (Å²) < 4.78 is 7.27. The quantitative estimate of drug-likeness (QED) is 0.836. The molecule has 0 saturated carbocycles. The number of hydrogen-bond donors (Lipinski definition) is 1. The van der Waals surface area contributed by atoms with Gasteiger partial charge in [0.2, 0.25) is 11.8 Å². The first-order valence-corrected chi connectivity index (χ1v) is 9.67. The summed E-state index contributed by atoms with van der Waals surface area (Å²) in [7, 11) is 0. The Morgan fingerprint density at radius 2 is 2.12 bits per heavy atom. The third-order valence-electron chi connectivity index (χ3n) is 5.17. The van der Waals surface area contributed by atoms with Gasteiger partial charge in [0, 0.05) is 38.9 Å². The Morgan fingerprint density at radius 3 is 2.85 bits per heavy atom. The molecule has 3 heterocycles. The van der Waals surface area contributed by atoms with Gasteiger partial charge in [-0.1, -0.05) is 13.8 Å².